The summed E-state index contributed by atoms with van der Waals surface area (Å²) in [7, 11) is 0. The molecule has 0 saturated carbocycles. The molecule has 3 aromatic rings. The molecular weight excluding hydrogens is 370 g/mol. The maximum Gasteiger partial charge on any atom is 0.181 e. The Morgan fingerprint density at radius 2 is 2.08 bits per heavy atom. The van der Waals surface area contributed by atoms with Gasteiger partial charge in [0.15, 0.2) is 11.9 Å². The van der Waals surface area contributed by atoms with Crippen molar-refractivity contribution in [3.05, 3.63) is 22.8 Å². The van der Waals surface area contributed by atoms with Crippen LogP contribution >= 0.6 is 22.9 Å². The van der Waals surface area contributed by atoms with Gasteiger partial charge in [0, 0.05) is 0 Å². The molecule has 3 aromatic heterocycles. The van der Waals surface area contributed by atoms with E-state index < -0.39 is 31.1 Å². The molecule has 5 N–H and O–H groups in total. The van der Waals surface area contributed by atoms with Crippen molar-refractivity contribution in [1.82, 2.24) is 19.7 Å². The molecule has 0 spiro atoms. The number of nitrogens with zero attached hydrogens (tertiary/aromatic N) is 4. The number of aromatic nitrogens is 4. The van der Waals surface area contributed by atoms with Gasteiger partial charge in [0.25, 0.3) is 0 Å². The first-order valence-electron chi connectivity index (χ1n) is 7.38. The van der Waals surface area contributed by atoms with Crippen molar-refractivity contribution in [3.63, 3.8) is 0 Å². The van der Waals surface area contributed by atoms with Gasteiger partial charge >= 0.3 is 0 Å². The molecule has 0 radical (unpaired) electrons. The fraction of sp³-hybridized carbons (Fsp3) is 0.357. The SMILES string of the molecule is Nc1ncnc2c1c(-c1ccc(Cl)s1)nn2[C@@H]1O[C@H](CO)[C@@H](O)[C@H]1O. The van der Waals surface area contributed by atoms with Gasteiger partial charge in [-0.2, -0.15) is 5.10 Å². The second-order valence-corrected chi connectivity index (χ2v) is 7.30. The van der Waals surface area contributed by atoms with E-state index in [1.165, 1.54) is 22.3 Å². The zero-order chi connectivity index (χ0) is 17.7. The molecule has 1 aliphatic rings. The highest BCUT2D eigenvalue weighted by Crippen LogP contribution is 2.39. The lowest BCUT2D eigenvalue weighted by molar-refractivity contribution is -0.0565. The molecule has 0 aromatic carbocycles. The average Bonchev–Trinajstić information content (AvgIpc) is 3.26. The van der Waals surface area contributed by atoms with Gasteiger partial charge in [0.05, 0.1) is 21.2 Å². The normalized spacial score (nSPS) is 26.6. The highest BCUT2D eigenvalue weighted by atomic mass is 35.5. The molecule has 1 aliphatic heterocycles. The van der Waals surface area contributed by atoms with Crippen molar-refractivity contribution in [1.29, 1.82) is 0 Å². The summed E-state index contributed by atoms with van der Waals surface area (Å²) in [6.45, 7) is -0.432. The molecule has 25 heavy (non-hydrogen) atoms. The van der Waals surface area contributed by atoms with E-state index >= 15 is 0 Å². The van der Waals surface area contributed by atoms with Crippen LogP contribution in [0.1, 0.15) is 6.23 Å². The first-order valence-corrected chi connectivity index (χ1v) is 8.57. The Bertz CT molecular complexity index is 931. The van der Waals surface area contributed by atoms with Crippen LogP contribution in [0.5, 0.6) is 0 Å². The number of aliphatic hydroxyl groups excluding tert-OH is 3. The molecular formula is C14H14ClN5O4S. The van der Waals surface area contributed by atoms with Gasteiger partial charge in [-0.05, 0) is 12.1 Å². The monoisotopic (exact) mass is 383 g/mol. The van der Waals surface area contributed by atoms with E-state index in [9.17, 15) is 15.3 Å². The number of halogens is 1. The van der Waals surface area contributed by atoms with Gasteiger partial charge in [-0.1, -0.05) is 11.6 Å². The van der Waals surface area contributed by atoms with Crippen LogP contribution in [0, 0.1) is 0 Å². The molecule has 0 aliphatic carbocycles. The van der Waals surface area contributed by atoms with E-state index in [1.54, 1.807) is 12.1 Å². The Morgan fingerprint density at radius 3 is 2.72 bits per heavy atom. The van der Waals surface area contributed by atoms with Crippen LogP contribution in [0.3, 0.4) is 0 Å². The molecule has 1 fully saturated rings. The third kappa shape index (κ3) is 2.58. The van der Waals surface area contributed by atoms with Gasteiger partial charge in [-0.25, -0.2) is 14.6 Å². The topological polar surface area (TPSA) is 140 Å². The summed E-state index contributed by atoms with van der Waals surface area (Å²) in [5.41, 5.74) is 6.85. The quantitative estimate of drug-likeness (QED) is 0.509. The van der Waals surface area contributed by atoms with Crippen LogP contribution in [0.4, 0.5) is 5.82 Å². The van der Waals surface area contributed by atoms with Crippen LogP contribution in [0.2, 0.25) is 4.34 Å². The first-order chi connectivity index (χ1) is 12.0. The van der Waals surface area contributed by atoms with Crippen molar-refractivity contribution in [2.45, 2.75) is 24.5 Å². The lowest BCUT2D eigenvalue weighted by Gasteiger charge is -2.15. The fourth-order valence-corrected chi connectivity index (χ4v) is 3.90. The predicted octanol–water partition coefficient (Wildman–Crippen LogP) is 0.402. The van der Waals surface area contributed by atoms with Crippen molar-refractivity contribution in [2.75, 3.05) is 12.3 Å². The van der Waals surface area contributed by atoms with Crippen molar-refractivity contribution in [2.24, 2.45) is 0 Å². The van der Waals surface area contributed by atoms with Gasteiger partial charge in [-0.3, -0.25) is 0 Å². The lowest BCUT2D eigenvalue weighted by atomic mass is 10.1. The highest BCUT2D eigenvalue weighted by Gasteiger charge is 2.44. The Balaban J connectivity index is 1.90. The van der Waals surface area contributed by atoms with Gasteiger partial charge < -0.3 is 25.8 Å². The Labute approximate surface area is 150 Å². The molecule has 4 atom stereocenters. The van der Waals surface area contributed by atoms with Crippen LogP contribution in [-0.4, -0.2) is 60.0 Å². The van der Waals surface area contributed by atoms with Crippen molar-refractivity contribution in [3.8, 4) is 10.6 Å². The minimum Gasteiger partial charge on any atom is -0.394 e. The van der Waals surface area contributed by atoms with Crippen molar-refractivity contribution >= 4 is 39.8 Å². The molecule has 4 heterocycles. The number of thiophene rings is 1. The summed E-state index contributed by atoms with van der Waals surface area (Å²) >= 11 is 7.32. The minimum atomic E-state index is -1.28. The Morgan fingerprint density at radius 1 is 1.28 bits per heavy atom. The van der Waals surface area contributed by atoms with E-state index in [2.05, 4.69) is 15.1 Å². The Hall–Kier alpha value is -1.82. The number of nitrogens with two attached hydrogens (primary N) is 1. The van der Waals surface area contributed by atoms with Gasteiger partial charge in [0.1, 0.15) is 36.2 Å². The second kappa shape index (κ2) is 6.16. The average molecular weight is 384 g/mol. The van der Waals surface area contributed by atoms with E-state index in [1.807, 2.05) is 0 Å². The zero-order valence-electron chi connectivity index (χ0n) is 12.7. The third-order valence-electron chi connectivity index (χ3n) is 4.08. The summed E-state index contributed by atoms with van der Waals surface area (Å²) < 4.78 is 7.48. The zero-order valence-corrected chi connectivity index (χ0v) is 14.2. The van der Waals surface area contributed by atoms with E-state index in [4.69, 9.17) is 22.1 Å². The number of rotatable bonds is 3. The largest absolute Gasteiger partial charge is 0.394 e. The summed E-state index contributed by atoms with van der Waals surface area (Å²) in [6.07, 6.45) is -3.18. The molecule has 9 nitrogen and oxygen atoms in total. The summed E-state index contributed by atoms with van der Waals surface area (Å²) in [6, 6.07) is 3.53. The summed E-state index contributed by atoms with van der Waals surface area (Å²) in [5.74, 6) is 0.225. The number of anilines is 1. The molecule has 0 bridgehead atoms. The van der Waals surface area contributed by atoms with Crippen LogP contribution in [0.15, 0.2) is 18.5 Å². The van der Waals surface area contributed by atoms with E-state index in [0.29, 0.717) is 21.1 Å². The molecule has 11 heteroatoms. The lowest BCUT2D eigenvalue weighted by Crippen LogP contribution is -2.33. The summed E-state index contributed by atoms with van der Waals surface area (Å²) in [5, 5.41) is 34.5. The van der Waals surface area contributed by atoms with Gasteiger partial charge in [0.2, 0.25) is 0 Å². The number of fused-ring (bicyclic) bond motifs is 1. The van der Waals surface area contributed by atoms with Crippen LogP contribution in [-0.2, 0) is 4.74 Å². The molecule has 0 amide bonds. The number of hydrogen-bond acceptors (Lipinski definition) is 9. The maximum absolute atomic E-state index is 10.3. The number of aliphatic hydroxyl groups is 3. The van der Waals surface area contributed by atoms with Crippen LogP contribution < -0.4 is 5.73 Å². The smallest absolute Gasteiger partial charge is 0.181 e. The summed E-state index contributed by atoms with van der Waals surface area (Å²) in [4.78, 5) is 8.95. The van der Waals surface area contributed by atoms with E-state index in [0.717, 1.165) is 4.88 Å². The second-order valence-electron chi connectivity index (χ2n) is 5.58. The fourth-order valence-electron chi connectivity index (χ4n) is 2.87. The minimum absolute atomic E-state index is 0.225. The predicted molar refractivity (Wildman–Crippen MR) is 91.1 cm³/mol. The third-order valence-corrected chi connectivity index (χ3v) is 5.32. The molecule has 4 rings (SSSR count). The van der Waals surface area contributed by atoms with Gasteiger partial charge in [-0.15, -0.1) is 11.3 Å². The molecule has 1 saturated heterocycles. The van der Waals surface area contributed by atoms with E-state index in [-0.39, 0.29) is 5.82 Å². The standard InChI is InChI=1S/C14H14ClN5O4S/c15-7-2-1-6(25-7)9-8-12(16)17-4-18-13(8)20(19-9)14-11(23)10(22)5(3-21)24-14/h1-2,4-5,10-11,14,21-23H,3H2,(H2,16,17,18)/t5-,10-,11-,14-/m1/s1. The Kier molecular flexibility index (Phi) is 4.10. The maximum atomic E-state index is 10.3. The highest BCUT2D eigenvalue weighted by molar-refractivity contribution is 7.19. The molecule has 0 unspecified atom stereocenters. The molecule has 132 valence electrons. The van der Waals surface area contributed by atoms with Crippen molar-refractivity contribution < 1.29 is 20.1 Å². The number of ether oxygens (including phenoxy) is 1. The number of hydrogen-bond donors (Lipinski definition) is 4. The van der Waals surface area contributed by atoms with Crippen LogP contribution in [0.25, 0.3) is 21.6 Å². The first kappa shape index (κ1) is 16.6. The number of nitrogen functional groups attached to an aromatic ring is 1.